The fraction of sp³-hybridized carbons (Fsp3) is 0.100. The first-order valence-electron chi connectivity index (χ1n) is 30.1. The molecule has 6 heteroatoms. The third-order valence-corrected chi connectivity index (χ3v) is 19.2. The smallest absolute Gasteiger partial charge is 0.165 e. The first-order valence-corrected chi connectivity index (χ1v) is 30.1. The Labute approximate surface area is 494 Å². The molecule has 0 unspecified atom stereocenters. The van der Waals surface area contributed by atoms with E-state index in [2.05, 4.69) is 290 Å². The van der Waals surface area contributed by atoms with Gasteiger partial charge in [0.2, 0.25) is 0 Å². The molecule has 0 aliphatic heterocycles. The van der Waals surface area contributed by atoms with E-state index in [9.17, 15) is 0 Å². The quantitative estimate of drug-likeness (QED) is 0.176. The lowest BCUT2D eigenvalue weighted by Gasteiger charge is -2.21. The first kappa shape index (κ1) is 47.9. The molecule has 0 bridgehead atoms. The van der Waals surface area contributed by atoms with E-state index in [1.165, 1.54) is 109 Å². The maximum Gasteiger partial charge on any atom is 0.165 e. The van der Waals surface area contributed by atoms with Crippen molar-refractivity contribution in [3.05, 3.63) is 242 Å². The maximum atomic E-state index is 6.11. The number of hydrogen-bond donors (Lipinski definition) is 0. The van der Waals surface area contributed by atoms with Crippen molar-refractivity contribution < 1.29 is 0 Å². The molecular formula is C80H56N6. The van der Waals surface area contributed by atoms with Gasteiger partial charge in [-0.25, -0.2) is 9.97 Å². The van der Waals surface area contributed by atoms with Crippen molar-refractivity contribution in [3.63, 3.8) is 0 Å². The highest BCUT2D eigenvalue weighted by molar-refractivity contribution is 6.37. The normalized spacial score (nSPS) is 13.0. The molecular weight excluding hydrogens is 1040 g/mol. The van der Waals surface area contributed by atoms with E-state index in [-0.39, 0.29) is 10.8 Å². The van der Waals surface area contributed by atoms with Crippen LogP contribution in [-0.2, 0) is 10.8 Å². The van der Waals surface area contributed by atoms with Gasteiger partial charge in [0, 0.05) is 76.4 Å². The molecule has 0 N–H and O–H groups in total. The molecule has 19 rings (SSSR count). The van der Waals surface area contributed by atoms with Gasteiger partial charge in [-0.3, -0.25) is 8.80 Å². The number of aromatic nitrogens is 6. The Bertz CT molecular complexity index is 6140. The van der Waals surface area contributed by atoms with Gasteiger partial charge < -0.3 is 9.13 Å². The third kappa shape index (κ3) is 6.29. The Balaban J connectivity index is 0.963. The monoisotopic (exact) mass is 1100 g/mol. The molecule has 0 atom stereocenters. The Hall–Kier alpha value is -10.6. The van der Waals surface area contributed by atoms with Crippen LogP contribution in [0.5, 0.6) is 0 Å². The highest BCUT2D eigenvalue weighted by atomic mass is 15.1. The fourth-order valence-electron chi connectivity index (χ4n) is 15.2. The Morgan fingerprint density at radius 3 is 1.24 bits per heavy atom. The zero-order valence-electron chi connectivity index (χ0n) is 48.6. The zero-order chi connectivity index (χ0) is 57.2. The van der Waals surface area contributed by atoms with Crippen LogP contribution in [0.4, 0.5) is 0 Å². The Morgan fingerprint density at radius 1 is 0.291 bits per heavy atom. The average Bonchev–Trinajstić information content (AvgIpc) is 1.54. The number of benzene rings is 12. The molecule has 0 aliphatic rings. The van der Waals surface area contributed by atoms with Crippen LogP contribution in [-0.4, -0.2) is 27.9 Å². The lowest BCUT2D eigenvalue weighted by atomic mass is 9.83. The molecule has 7 aromatic heterocycles. The van der Waals surface area contributed by atoms with Crippen LogP contribution in [0, 0.1) is 0 Å². The number of fused-ring (bicyclic) bond motifs is 22. The largest absolute Gasteiger partial charge is 0.309 e. The molecule has 19 aromatic rings. The molecule has 0 saturated heterocycles. The summed E-state index contributed by atoms with van der Waals surface area (Å²) in [7, 11) is 0. The van der Waals surface area contributed by atoms with Gasteiger partial charge >= 0.3 is 0 Å². The SMILES string of the molecule is CC(C)(C)c1cc(-c2ccc3c(c2)c2ccccc2n3-c2ccccc2)c2c(c1)c1cc(C(C)(C)C)cc3c4nc5c(nc4n2c13)c1cc2ccccc2c2c3c4ccccc4cc(-c4ccc6c(c4)c4ccccc4n6-c4ccccc4)c3n5c12. The number of hydrogen-bond acceptors (Lipinski definition) is 2. The summed E-state index contributed by atoms with van der Waals surface area (Å²) in [6.45, 7) is 14.0. The van der Waals surface area contributed by atoms with Crippen molar-refractivity contribution in [2.45, 2.75) is 52.4 Å². The molecule has 86 heavy (non-hydrogen) atoms. The van der Waals surface area contributed by atoms with Crippen molar-refractivity contribution >= 4 is 142 Å². The van der Waals surface area contributed by atoms with Crippen molar-refractivity contribution in [1.82, 2.24) is 27.9 Å². The zero-order valence-corrected chi connectivity index (χ0v) is 48.6. The average molecular weight is 1100 g/mol. The van der Waals surface area contributed by atoms with E-state index in [4.69, 9.17) is 9.97 Å². The predicted molar refractivity (Wildman–Crippen MR) is 363 cm³/mol. The van der Waals surface area contributed by atoms with E-state index in [0.717, 1.165) is 77.7 Å². The molecule has 0 aliphatic carbocycles. The second kappa shape index (κ2) is 16.6. The van der Waals surface area contributed by atoms with E-state index >= 15 is 0 Å². The van der Waals surface area contributed by atoms with Gasteiger partial charge in [-0.1, -0.05) is 175 Å². The van der Waals surface area contributed by atoms with Gasteiger partial charge in [0.15, 0.2) is 11.3 Å². The second-order valence-electron chi connectivity index (χ2n) is 26.2. The fourth-order valence-corrected chi connectivity index (χ4v) is 15.2. The van der Waals surface area contributed by atoms with Crippen molar-refractivity contribution in [2.24, 2.45) is 0 Å². The van der Waals surface area contributed by atoms with Gasteiger partial charge in [-0.2, -0.15) is 0 Å². The van der Waals surface area contributed by atoms with Gasteiger partial charge in [0.1, 0.15) is 11.0 Å². The molecule has 12 aromatic carbocycles. The minimum absolute atomic E-state index is 0.132. The molecule has 0 saturated carbocycles. The summed E-state index contributed by atoms with van der Waals surface area (Å²) in [5, 5.41) is 16.9. The minimum atomic E-state index is -0.155. The number of nitrogens with zero attached hydrogens (tertiary/aromatic N) is 6. The highest BCUT2D eigenvalue weighted by Crippen LogP contribution is 2.51. The Kier molecular flexibility index (Phi) is 9.25. The van der Waals surface area contributed by atoms with Gasteiger partial charge in [-0.15, -0.1) is 0 Å². The van der Waals surface area contributed by atoms with E-state index < -0.39 is 0 Å². The molecule has 7 heterocycles. The van der Waals surface area contributed by atoms with Gasteiger partial charge in [0.25, 0.3) is 0 Å². The predicted octanol–water partition coefficient (Wildman–Crippen LogP) is 21.2. The number of rotatable bonds is 4. The topological polar surface area (TPSA) is 44.5 Å². The summed E-state index contributed by atoms with van der Waals surface area (Å²) in [6, 6.07) is 86.0. The van der Waals surface area contributed by atoms with Crippen molar-refractivity contribution in [2.75, 3.05) is 0 Å². The summed E-state index contributed by atoms with van der Waals surface area (Å²) in [5.41, 5.74) is 22.2. The van der Waals surface area contributed by atoms with Crippen LogP contribution >= 0.6 is 0 Å². The summed E-state index contributed by atoms with van der Waals surface area (Å²) in [5.74, 6) is 0. The molecule has 6 nitrogen and oxygen atoms in total. The summed E-state index contributed by atoms with van der Waals surface area (Å²) in [4.78, 5) is 12.2. The summed E-state index contributed by atoms with van der Waals surface area (Å²) >= 11 is 0. The van der Waals surface area contributed by atoms with Crippen molar-refractivity contribution in [3.8, 4) is 33.6 Å². The Morgan fingerprint density at radius 2 is 0.698 bits per heavy atom. The molecule has 406 valence electrons. The van der Waals surface area contributed by atoms with Gasteiger partial charge in [-0.05, 0) is 152 Å². The van der Waals surface area contributed by atoms with Crippen LogP contribution in [0.2, 0.25) is 0 Å². The molecule has 0 spiro atoms. The van der Waals surface area contributed by atoms with Crippen LogP contribution < -0.4 is 0 Å². The first-order chi connectivity index (χ1) is 41.9. The lowest BCUT2D eigenvalue weighted by Crippen LogP contribution is -2.11. The highest BCUT2D eigenvalue weighted by Gasteiger charge is 2.31. The minimum Gasteiger partial charge on any atom is -0.309 e. The maximum absolute atomic E-state index is 6.11. The summed E-state index contributed by atoms with van der Waals surface area (Å²) in [6.07, 6.45) is 0. The summed E-state index contributed by atoms with van der Waals surface area (Å²) < 4.78 is 9.82. The standard InChI is InChI=1S/C80H56N6/c1-79(2,3)49-41-58(48-34-36-68-60(39-48)56-30-18-20-32-66(56)84(68)52-25-11-8-12-26-52)73-61(42-49)62-43-50(80(4,5)6)44-64-72-77(85(73)74(62)64)81-71-63-40-46-22-14-16-28-54(46)70-69-53-27-15-13-21-45(53)37-57(75(69)86(76(63)70)78(71)82-72)47-33-35-67-59(38-47)55-29-17-19-31-65(55)83(67)51-23-9-7-10-24-51/h7-44H,1-6H3. The molecule has 0 radical (unpaired) electrons. The molecule has 0 fully saturated rings. The van der Waals surface area contributed by atoms with Crippen LogP contribution in [0.1, 0.15) is 52.7 Å². The van der Waals surface area contributed by atoms with Crippen molar-refractivity contribution in [1.29, 1.82) is 0 Å². The molecule has 0 amide bonds. The van der Waals surface area contributed by atoms with Crippen LogP contribution in [0.15, 0.2) is 231 Å². The van der Waals surface area contributed by atoms with E-state index in [1.807, 2.05) is 0 Å². The third-order valence-electron chi connectivity index (χ3n) is 19.2. The van der Waals surface area contributed by atoms with E-state index in [1.54, 1.807) is 0 Å². The number of para-hydroxylation sites is 4. The van der Waals surface area contributed by atoms with E-state index in [0.29, 0.717) is 0 Å². The van der Waals surface area contributed by atoms with Crippen LogP contribution in [0.25, 0.3) is 175 Å². The van der Waals surface area contributed by atoms with Gasteiger partial charge in [0.05, 0.1) is 44.1 Å². The lowest BCUT2D eigenvalue weighted by molar-refractivity contribution is 0.591. The van der Waals surface area contributed by atoms with Crippen LogP contribution in [0.3, 0.4) is 0 Å². The second-order valence-corrected chi connectivity index (χ2v) is 26.2.